The zero-order valence-corrected chi connectivity index (χ0v) is 11.5. The van der Waals surface area contributed by atoms with E-state index in [2.05, 4.69) is 6.92 Å². The smallest absolute Gasteiger partial charge is 0.303 e. The SMILES string of the molecule is CCCCCCCCC(O)O.O=C(O)CCC(=O)O. The summed E-state index contributed by atoms with van der Waals surface area (Å²) in [5, 5.41) is 32.8. The predicted octanol–water partition coefficient (Wildman–Crippen LogP) is 1.98. The van der Waals surface area contributed by atoms with Crippen LogP contribution in [-0.2, 0) is 9.59 Å². The lowest BCUT2D eigenvalue weighted by atomic mass is 10.1. The standard InChI is InChI=1S/C9H20O2.C4H6O4/c1-2-3-4-5-6-7-8-9(10)11;5-3(6)1-2-4(7)8/h9-11H,2-8H2,1H3;1-2H2,(H,5,6)(H,7,8). The lowest BCUT2D eigenvalue weighted by Crippen LogP contribution is -2.02. The number of carboxylic acid groups (broad SMARTS) is 2. The molecule has 0 radical (unpaired) electrons. The quantitative estimate of drug-likeness (QED) is 0.359. The van der Waals surface area contributed by atoms with Crippen LogP contribution in [0.25, 0.3) is 0 Å². The van der Waals surface area contributed by atoms with E-state index >= 15 is 0 Å². The summed E-state index contributed by atoms with van der Waals surface area (Å²) in [6, 6.07) is 0. The lowest BCUT2D eigenvalue weighted by molar-refractivity contribution is -0.143. The van der Waals surface area contributed by atoms with Crippen LogP contribution >= 0.6 is 0 Å². The van der Waals surface area contributed by atoms with Gasteiger partial charge in [-0.05, 0) is 12.8 Å². The molecule has 114 valence electrons. The third-order valence-corrected chi connectivity index (χ3v) is 2.37. The van der Waals surface area contributed by atoms with Gasteiger partial charge in [0, 0.05) is 0 Å². The Morgan fingerprint density at radius 1 is 0.842 bits per heavy atom. The van der Waals surface area contributed by atoms with Gasteiger partial charge in [0.25, 0.3) is 0 Å². The Hall–Kier alpha value is -1.14. The average Bonchev–Trinajstić information content (AvgIpc) is 2.31. The van der Waals surface area contributed by atoms with E-state index in [-0.39, 0.29) is 12.8 Å². The van der Waals surface area contributed by atoms with E-state index in [1.165, 1.54) is 25.7 Å². The number of aliphatic hydroxyl groups is 2. The molecule has 6 heteroatoms. The van der Waals surface area contributed by atoms with Crippen molar-refractivity contribution in [3.63, 3.8) is 0 Å². The van der Waals surface area contributed by atoms with Gasteiger partial charge in [-0.2, -0.15) is 0 Å². The Morgan fingerprint density at radius 2 is 1.26 bits per heavy atom. The monoisotopic (exact) mass is 278 g/mol. The van der Waals surface area contributed by atoms with Gasteiger partial charge in [-0.3, -0.25) is 9.59 Å². The first-order valence-electron chi connectivity index (χ1n) is 6.69. The Kier molecular flexibility index (Phi) is 15.8. The fraction of sp³-hybridized carbons (Fsp3) is 0.846. The molecule has 0 aliphatic heterocycles. The van der Waals surface area contributed by atoms with E-state index in [1.54, 1.807) is 0 Å². The highest BCUT2D eigenvalue weighted by Crippen LogP contribution is 2.07. The van der Waals surface area contributed by atoms with Crippen LogP contribution in [0, 0.1) is 0 Å². The summed E-state index contributed by atoms with van der Waals surface area (Å²) in [6.45, 7) is 2.19. The molecule has 0 aliphatic carbocycles. The van der Waals surface area contributed by atoms with E-state index in [9.17, 15) is 9.59 Å². The van der Waals surface area contributed by atoms with Gasteiger partial charge in [0.05, 0.1) is 12.8 Å². The first-order valence-corrected chi connectivity index (χ1v) is 6.69. The van der Waals surface area contributed by atoms with Crippen molar-refractivity contribution in [1.82, 2.24) is 0 Å². The highest BCUT2D eigenvalue weighted by atomic mass is 16.5. The number of hydrogen-bond donors (Lipinski definition) is 4. The molecule has 0 bridgehead atoms. The van der Waals surface area contributed by atoms with Crippen LogP contribution in [0.4, 0.5) is 0 Å². The molecule has 0 amide bonds. The van der Waals surface area contributed by atoms with Crippen molar-refractivity contribution in [1.29, 1.82) is 0 Å². The lowest BCUT2D eigenvalue weighted by Gasteiger charge is -2.02. The second-order valence-electron chi connectivity index (χ2n) is 4.32. The number of aliphatic carboxylic acids is 2. The number of aliphatic hydroxyl groups excluding tert-OH is 1. The van der Waals surface area contributed by atoms with Gasteiger partial charge in [0.2, 0.25) is 0 Å². The minimum Gasteiger partial charge on any atom is -0.481 e. The summed E-state index contributed by atoms with van der Waals surface area (Å²) in [6.07, 6.45) is 6.03. The fourth-order valence-corrected chi connectivity index (χ4v) is 1.32. The highest BCUT2D eigenvalue weighted by Gasteiger charge is 2.00. The summed E-state index contributed by atoms with van der Waals surface area (Å²) in [5.74, 6) is -2.15. The molecule has 0 atom stereocenters. The van der Waals surface area contributed by atoms with E-state index in [4.69, 9.17) is 20.4 Å². The first kappa shape index (κ1) is 20.2. The van der Waals surface area contributed by atoms with Crippen molar-refractivity contribution in [2.75, 3.05) is 0 Å². The van der Waals surface area contributed by atoms with Gasteiger partial charge in [0.15, 0.2) is 6.29 Å². The topological polar surface area (TPSA) is 115 Å². The molecule has 0 aliphatic rings. The summed E-state index contributed by atoms with van der Waals surface area (Å²) in [4.78, 5) is 19.3. The summed E-state index contributed by atoms with van der Waals surface area (Å²) in [7, 11) is 0. The van der Waals surface area contributed by atoms with Gasteiger partial charge in [0.1, 0.15) is 0 Å². The van der Waals surface area contributed by atoms with Crippen LogP contribution in [0.3, 0.4) is 0 Å². The summed E-state index contributed by atoms with van der Waals surface area (Å²) >= 11 is 0. The van der Waals surface area contributed by atoms with Crippen LogP contribution in [0.2, 0.25) is 0 Å². The molecule has 0 spiro atoms. The number of unbranched alkanes of at least 4 members (excludes halogenated alkanes) is 5. The van der Waals surface area contributed by atoms with Crippen LogP contribution in [0.5, 0.6) is 0 Å². The number of hydrogen-bond acceptors (Lipinski definition) is 4. The molecule has 0 saturated heterocycles. The third kappa shape index (κ3) is 26.5. The molecule has 0 aromatic carbocycles. The second kappa shape index (κ2) is 14.9. The van der Waals surface area contributed by atoms with Gasteiger partial charge >= 0.3 is 11.9 Å². The molecule has 0 heterocycles. The second-order valence-corrected chi connectivity index (χ2v) is 4.32. The van der Waals surface area contributed by atoms with Crippen molar-refractivity contribution >= 4 is 11.9 Å². The van der Waals surface area contributed by atoms with E-state index in [0.29, 0.717) is 6.42 Å². The van der Waals surface area contributed by atoms with Crippen LogP contribution < -0.4 is 0 Å². The molecule has 0 aromatic heterocycles. The van der Waals surface area contributed by atoms with Crippen molar-refractivity contribution in [3.8, 4) is 0 Å². The normalized spacial score (nSPS) is 9.89. The van der Waals surface area contributed by atoms with Crippen LogP contribution in [-0.4, -0.2) is 38.7 Å². The largest absolute Gasteiger partial charge is 0.481 e. The minimum absolute atomic E-state index is 0.296. The molecular formula is C13H26O6. The van der Waals surface area contributed by atoms with Crippen LogP contribution in [0.15, 0.2) is 0 Å². The summed E-state index contributed by atoms with van der Waals surface area (Å²) in [5.41, 5.74) is 0. The van der Waals surface area contributed by atoms with Crippen molar-refractivity contribution in [2.24, 2.45) is 0 Å². The number of carbonyl (C=O) groups is 2. The van der Waals surface area contributed by atoms with Gasteiger partial charge in [-0.25, -0.2) is 0 Å². The molecule has 0 unspecified atom stereocenters. The van der Waals surface area contributed by atoms with Gasteiger partial charge < -0.3 is 20.4 Å². The van der Waals surface area contributed by atoms with Gasteiger partial charge in [-0.15, -0.1) is 0 Å². The van der Waals surface area contributed by atoms with Gasteiger partial charge in [-0.1, -0.05) is 39.0 Å². The average molecular weight is 278 g/mol. The minimum atomic E-state index is -1.10. The molecule has 19 heavy (non-hydrogen) atoms. The molecule has 0 saturated carbocycles. The van der Waals surface area contributed by atoms with E-state index in [1.807, 2.05) is 0 Å². The third-order valence-electron chi connectivity index (χ3n) is 2.37. The van der Waals surface area contributed by atoms with E-state index in [0.717, 1.165) is 12.8 Å². The van der Waals surface area contributed by atoms with Crippen molar-refractivity contribution < 1.29 is 30.0 Å². The Bertz CT molecular complexity index is 213. The Labute approximate surface area is 114 Å². The molecular weight excluding hydrogens is 252 g/mol. The maximum absolute atomic E-state index is 9.64. The highest BCUT2D eigenvalue weighted by molar-refractivity contribution is 5.75. The number of carboxylic acids is 2. The zero-order chi connectivity index (χ0) is 15.1. The number of rotatable bonds is 10. The van der Waals surface area contributed by atoms with Crippen LogP contribution in [0.1, 0.15) is 64.7 Å². The Morgan fingerprint density at radius 3 is 1.63 bits per heavy atom. The predicted molar refractivity (Wildman–Crippen MR) is 70.7 cm³/mol. The zero-order valence-electron chi connectivity index (χ0n) is 11.5. The molecule has 6 nitrogen and oxygen atoms in total. The van der Waals surface area contributed by atoms with E-state index < -0.39 is 18.2 Å². The molecule has 0 aromatic rings. The maximum Gasteiger partial charge on any atom is 0.303 e. The van der Waals surface area contributed by atoms with Crippen molar-refractivity contribution in [2.45, 2.75) is 71.0 Å². The summed E-state index contributed by atoms with van der Waals surface area (Å²) < 4.78 is 0. The molecule has 4 N–H and O–H groups in total. The molecule has 0 rings (SSSR count). The molecule has 0 fully saturated rings. The van der Waals surface area contributed by atoms with Crippen molar-refractivity contribution in [3.05, 3.63) is 0 Å². The Balaban J connectivity index is 0. The first-order chi connectivity index (χ1) is 8.90. The fourth-order valence-electron chi connectivity index (χ4n) is 1.32. The maximum atomic E-state index is 9.64.